The van der Waals surface area contributed by atoms with E-state index in [9.17, 15) is 0 Å². The highest BCUT2D eigenvalue weighted by molar-refractivity contribution is 6.22. The first-order valence-electron chi connectivity index (χ1n) is 21.9. The van der Waals surface area contributed by atoms with Crippen LogP contribution in [0, 0.1) is 0 Å². The lowest BCUT2D eigenvalue weighted by molar-refractivity contribution is 1.18. The van der Waals surface area contributed by atoms with Gasteiger partial charge in [-0.1, -0.05) is 164 Å². The molecule has 11 aromatic carbocycles. The van der Waals surface area contributed by atoms with Gasteiger partial charge in [0.1, 0.15) is 0 Å². The van der Waals surface area contributed by atoms with E-state index in [0.717, 1.165) is 60.9 Å². The molecular formula is C60H36N4. The zero-order valence-corrected chi connectivity index (χ0v) is 34.6. The van der Waals surface area contributed by atoms with Crippen molar-refractivity contribution in [3.63, 3.8) is 0 Å². The fourth-order valence-electron chi connectivity index (χ4n) is 10.6. The third-order valence-electron chi connectivity index (χ3n) is 13.4. The maximum atomic E-state index is 5.42. The number of nitrogens with zero attached hydrogens (tertiary/aromatic N) is 4. The third kappa shape index (κ3) is 5.05. The number of benzene rings is 11. The van der Waals surface area contributed by atoms with E-state index in [0.29, 0.717) is 5.82 Å². The van der Waals surface area contributed by atoms with Crippen LogP contribution in [0.3, 0.4) is 0 Å². The van der Waals surface area contributed by atoms with Crippen LogP contribution in [0.5, 0.6) is 0 Å². The second-order valence-electron chi connectivity index (χ2n) is 16.9. The second-order valence-corrected chi connectivity index (χ2v) is 16.9. The van der Waals surface area contributed by atoms with Gasteiger partial charge in [0.05, 0.1) is 44.7 Å². The van der Waals surface area contributed by atoms with Crippen molar-refractivity contribution in [1.82, 2.24) is 19.1 Å². The van der Waals surface area contributed by atoms with Crippen LogP contribution in [-0.4, -0.2) is 19.1 Å². The Balaban J connectivity index is 1.06. The van der Waals surface area contributed by atoms with Gasteiger partial charge in [-0.15, -0.1) is 0 Å². The summed E-state index contributed by atoms with van der Waals surface area (Å²) < 4.78 is 5.00. The van der Waals surface area contributed by atoms with Gasteiger partial charge in [-0.2, -0.15) is 0 Å². The summed E-state index contributed by atoms with van der Waals surface area (Å²) in [7, 11) is 0. The van der Waals surface area contributed by atoms with Gasteiger partial charge in [0, 0.05) is 48.8 Å². The lowest BCUT2D eigenvalue weighted by atomic mass is 9.99. The standard InChI is InChI=1S/C60H36N4/c1-2-16-39-34-42(29-28-37(39)14-1)58-49-23-9-11-24-51(49)61-60(62-58)48-32-33-53(45-21-8-7-20-44(45)48)63-54-26-13-27-55(57(54)50-35-40-17-3-4-18-41(40)36-56(50)63)64-52-25-12-10-22-46(52)47-31-30-38-15-5-6-19-43(38)59(47)64/h1-36H. The Bertz CT molecular complexity index is 4270. The van der Waals surface area contributed by atoms with E-state index >= 15 is 0 Å². The van der Waals surface area contributed by atoms with Gasteiger partial charge in [-0.25, -0.2) is 9.97 Å². The molecule has 296 valence electrons. The van der Waals surface area contributed by atoms with E-state index in [-0.39, 0.29) is 0 Å². The highest BCUT2D eigenvalue weighted by atomic mass is 15.0. The normalized spacial score (nSPS) is 12.1. The van der Waals surface area contributed by atoms with E-state index in [1.807, 2.05) is 0 Å². The van der Waals surface area contributed by atoms with Crippen LogP contribution in [0.2, 0.25) is 0 Å². The van der Waals surface area contributed by atoms with Crippen molar-refractivity contribution in [2.75, 3.05) is 0 Å². The Kier molecular flexibility index (Phi) is 7.36. The first kappa shape index (κ1) is 35.0. The smallest absolute Gasteiger partial charge is 0.161 e. The van der Waals surface area contributed by atoms with Gasteiger partial charge in [0.2, 0.25) is 0 Å². The highest BCUT2D eigenvalue weighted by Crippen LogP contribution is 2.44. The van der Waals surface area contributed by atoms with Gasteiger partial charge >= 0.3 is 0 Å². The zero-order valence-electron chi connectivity index (χ0n) is 34.6. The van der Waals surface area contributed by atoms with E-state index in [4.69, 9.17) is 9.97 Å². The molecule has 4 heteroatoms. The van der Waals surface area contributed by atoms with Crippen molar-refractivity contribution in [1.29, 1.82) is 0 Å². The molecule has 0 radical (unpaired) electrons. The van der Waals surface area contributed by atoms with Crippen LogP contribution in [0.1, 0.15) is 0 Å². The summed E-state index contributed by atoms with van der Waals surface area (Å²) in [5.74, 6) is 0.707. The summed E-state index contributed by atoms with van der Waals surface area (Å²) >= 11 is 0. The minimum atomic E-state index is 0.707. The molecule has 0 unspecified atom stereocenters. The molecule has 14 aromatic rings. The summed E-state index contributed by atoms with van der Waals surface area (Å²) in [5, 5.41) is 15.5. The van der Waals surface area contributed by atoms with Gasteiger partial charge in [-0.05, 0) is 86.9 Å². The summed E-state index contributed by atoms with van der Waals surface area (Å²) in [6.45, 7) is 0. The monoisotopic (exact) mass is 812 g/mol. The van der Waals surface area contributed by atoms with Gasteiger partial charge in [-0.3, -0.25) is 0 Å². The fraction of sp³-hybridized carbons (Fsp3) is 0. The average molecular weight is 813 g/mol. The van der Waals surface area contributed by atoms with Gasteiger partial charge in [0.15, 0.2) is 5.82 Å². The molecule has 0 atom stereocenters. The first-order valence-corrected chi connectivity index (χ1v) is 21.9. The average Bonchev–Trinajstić information content (AvgIpc) is 3.87. The summed E-state index contributed by atoms with van der Waals surface area (Å²) in [6, 6.07) is 79.3. The number of para-hydroxylation sites is 2. The van der Waals surface area contributed by atoms with Crippen LogP contribution in [0.15, 0.2) is 218 Å². The molecule has 0 aliphatic rings. The van der Waals surface area contributed by atoms with E-state index in [2.05, 4.69) is 228 Å². The van der Waals surface area contributed by atoms with Crippen molar-refractivity contribution in [2.24, 2.45) is 0 Å². The number of fused-ring (bicyclic) bond motifs is 12. The van der Waals surface area contributed by atoms with Gasteiger partial charge in [0.25, 0.3) is 0 Å². The van der Waals surface area contributed by atoms with Crippen molar-refractivity contribution < 1.29 is 0 Å². The maximum absolute atomic E-state index is 5.42. The third-order valence-corrected chi connectivity index (χ3v) is 13.4. The maximum Gasteiger partial charge on any atom is 0.161 e. The molecule has 0 bridgehead atoms. The molecule has 3 aromatic heterocycles. The Labute approximate surface area is 367 Å². The molecular weight excluding hydrogens is 777 g/mol. The lowest BCUT2D eigenvalue weighted by Gasteiger charge is -2.16. The summed E-state index contributed by atoms with van der Waals surface area (Å²) in [4.78, 5) is 10.7. The van der Waals surface area contributed by atoms with Crippen molar-refractivity contribution >= 4 is 97.6 Å². The SMILES string of the molecule is c1ccc2cc(-c3nc(-c4ccc(-n5c6cc7ccccc7cc6c6c(-n7c8ccccc8c8ccc9ccccc9c87)cccc65)c5ccccc45)nc4ccccc34)ccc2c1. The van der Waals surface area contributed by atoms with E-state index < -0.39 is 0 Å². The summed E-state index contributed by atoms with van der Waals surface area (Å²) in [6.07, 6.45) is 0. The Morgan fingerprint density at radius 1 is 0.312 bits per heavy atom. The number of rotatable bonds is 4. The minimum absolute atomic E-state index is 0.707. The van der Waals surface area contributed by atoms with Crippen LogP contribution >= 0.6 is 0 Å². The molecule has 4 nitrogen and oxygen atoms in total. The molecule has 0 amide bonds. The van der Waals surface area contributed by atoms with Crippen LogP contribution in [0.4, 0.5) is 0 Å². The molecule has 0 N–H and O–H groups in total. The topological polar surface area (TPSA) is 35.6 Å². The van der Waals surface area contributed by atoms with Crippen molar-refractivity contribution in [3.05, 3.63) is 218 Å². The van der Waals surface area contributed by atoms with Crippen LogP contribution in [-0.2, 0) is 0 Å². The number of hydrogen-bond acceptors (Lipinski definition) is 2. The molecule has 64 heavy (non-hydrogen) atoms. The Morgan fingerprint density at radius 2 is 0.953 bits per heavy atom. The van der Waals surface area contributed by atoms with Crippen LogP contribution in [0.25, 0.3) is 132 Å². The predicted molar refractivity (Wildman–Crippen MR) is 269 cm³/mol. The Hall–Kier alpha value is -8.60. The van der Waals surface area contributed by atoms with E-state index in [1.54, 1.807) is 0 Å². The molecule has 0 aliphatic carbocycles. The number of hydrogen-bond donors (Lipinski definition) is 0. The van der Waals surface area contributed by atoms with Crippen molar-refractivity contribution in [2.45, 2.75) is 0 Å². The second kappa shape index (κ2) is 13.4. The minimum Gasteiger partial charge on any atom is -0.309 e. The molecule has 3 heterocycles. The van der Waals surface area contributed by atoms with Gasteiger partial charge < -0.3 is 9.13 Å². The summed E-state index contributed by atoms with van der Waals surface area (Å²) in [5.41, 5.74) is 10.9. The quantitative estimate of drug-likeness (QED) is 0.177. The Morgan fingerprint density at radius 3 is 1.80 bits per heavy atom. The van der Waals surface area contributed by atoms with Crippen molar-refractivity contribution in [3.8, 4) is 34.0 Å². The van der Waals surface area contributed by atoms with Crippen LogP contribution < -0.4 is 0 Å². The predicted octanol–water partition coefficient (Wildman–Crippen LogP) is 15.8. The fourth-order valence-corrected chi connectivity index (χ4v) is 10.6. The molecule has 0 saturated heterocycles. The lowest BCUT2D eigenvalue weighted by Crippen LogP contribution is -1.99. The zero-order chi connectivity index (χ0) is 41.9. The molecule has 0 fully saturated rings. The number of aromatic nitrogens is 4. The molecule has 0 spiro atoms. The highest BCUT2D eigenvalue weighted by Gasteiger charge is 2.23. The molecule has 14 rings (SSSR count). The van der Waals surface area contributed by atoms with E-state index in [1.165, 1.54) is 64.9 Å². The molecule has 0 aliphatic heterocycles. The largest absolute Gasteiger partial charge is 0.309 e. The molecule has 0 saturated carbocycles. The first-order chi connectivity index (χ1) is 31.7.